The van der Waals surface area contributed by atoms with E-state index in [0.717, 1.165) is 37.1 Å². The number of fused-ring (bicyclic) bond motifs is 1. The lowest BCUT2D eigenvalue weighted by molar-refractivity contribution is 0.0573. The first-order chi connectivity index (χ1) is 16.7. The molecule has 2 saturated heterocycles. The maximum absolute atomic E-state index is 13.4. The lowest BCUT2D eigenvalue weighted by atomic mass is 10.1. The maximum atomic E-state index is 13.4. The van der Waals surface area contributed by atoms with Crippen molar-refractivity contribution >= 4 is 33.3 Å². The Balaban J connectivity index is 1.34. The highest BCUT2D eigenvalue weighted by Crippen LogP contribution is 2.40. The van der Waals surface area contributed by atoms with E-state index in [9.17, 15) is 18.7 Å². The zero-order valence-electron chi connectivity index (χ0n) is 20.9. The van der Waals surface area contributed by atoms with Crippen LogP contribution in [0.1, 0.15) is 66.4 Å². The van der Waals surface area contributed by atoms with Crippen LogP contribution < -0.4 is 0 Å². The lowest BCUT2D eigenvalue weighted by Crippen LogP contribution is -2.51. The first-order valence-corrected chi connectivity index (χ1v) is 14.8. The monoisotopic (exact) mass is 502 g/mol. The summed E-state index contributed by atoms with van der Waals surface area (Å²) in [4.78, 5) is 32.9. The van der Waals surface area contributed by atoms with E-state index in [4.69, 9.17) is 0 Å². The average molecular weight is 503 g/mol. The number of rotatable bonds is 4. The van der Waals surface area contributed by atoms with Crippen LogP contribution in [0.4, 0.5) is 0 Å². The Kier molecular flexibility index (Phi) is 6.87. The molecule has 2 amide bonds. The molecular formula is C26H38N4O4S. The Morgan fingerprint density at radius 1 is 0.886 bits per heavy atom. The number of hydrogen-bond donors (Lipinski definition) is 2. The van der Waals surface area contributed by atoms with Gasteiger partial charge in [0.2, 0.25) is 0 Å². The van der Waals surface area contributed by atoms with Gasteiger partial charge in [0, 0.05) is 67.8 Å². The summed E-state index contributed by atoms with van der Waals surface area (Å²) in [6, 6.07) is 8.42. The largest absolute Gasteiger partial charge is 0.336 e. The van der Waals surface area contributed by atoms with Gasteiger partial charge in [0.05, 0.1) is 11.5 Å². The van der Waals surface area contributed by atoms with Crippen molar-refractivity contribution in [3.8, 4) is 0 Å². The van der Waals surface area contributed by atoms with Crippen molar-refractivity contribution in [1.29, 1.82) is 0 Å². The van der Waals surface area contributed by atoms with E-state index < -0.39 is 10.6 Å². The van der Waals surface area contributed by atoms with Gasteiger partial charge in [-0.3, -0.25) is 23.6 Å². The topological polar surface area (TPSA) is 89.2 Å². The molecule has 0 unspecified atom stereocenters. The van der Waals surface area contributed by atoms with Gasteiger partial charge in [-0.1, -0.05) is 12.8 Å². The van der Waals surface area contributed by atoms with E-state index >= 15 is 0 Å². The number of carbonyl (C=O) groups excluding carboxylic acids is 2. The van der Waals surface area contributed by atoms with Crippen molar-refractivity contribution in [3.63, 3.8) is 0 Å². The summed E-state index contributed by atoms with van der Waals surface area (Å²) in [5, 5.41) is 0.888. The van der Waals surface area contributed by atoms with Gasteiger partial charge in [0.25, 0.3) is 11.8 Å². The van der Waals surface area contributed by atoms with Crippen LogP contribution in [0.25, 0.3) is 10.9 Å². The molecule has 2 N–H and O–H groups in total. The third-order valence-electron chi connectivity index (χ3n) is 7.93. The van der Waals surface area contributed by atoms with Crippen molar-refractivity contribution in [1.82, 2.24) is 19.3 Å². The number of nitrogens with zero attached hydrogens (tertiary/aromatic N) is 4. The Labute approximate surface area is 209 Å². The van der Waals surface area contributed by atoms with Gasteiger partial charge >= 0.3 is 0 Å². The first-order valence-electron chi connectivity index (χ1n) is 12.9. The van der Waals surface area contributed by atoms with E-state index in [0.29, 0.717) is 30.4 Å². The SMILES string of the molecule is CC(C)n1c(C(=O)N2CCS(O)(O)CC2)cc2cc(C(=O)N3CCN(C4CCCC4)CC3)ccc21. The van der Waals surface area contributed by atoms with E-state index in [1.807, 2.05) is 47.6 Å². The van der Waals surface area contributed by atoms with Crippen molar-refractivity contribution < 1.29 is 18.7 Å². The van der Waals surface area contributed by atoms with Crippen molar-refractivity contribution in [2.75, 3.05) is 50.8 Å². The standard InChI is InChI=1S/C26H38N4O4S/c1-19(2)30-23-8-7-20(25(31)28-11-9-27(10-12-28)22-5-3-4-6-22)17-21(23)18-24(30)26(32)29-13-15-35(33,34)16-14-29/h7-8,17-19,22,33-34H,3-6,9-16H2,1-2H3. The lowest BCUT2D eigenvalue weighted by Gasteiger charge is -2.41. The zero-order valence-corrected chi connectivity index (χ0v) is 21.7. The molecule has 3 fully saturated rings. The minimum absolute atomic E-state index is 0.0596. The van der Waals surface area contributed by atoms with Gasteiger partial charge < -0.3 is 14.4 Å². The number of piperazine rings is 1. The molecule has 3 aliphatic rings. The molecule has 1 saturated carbocycles. The second kappa shape index (κ2) is 9.76. The zero-order chi connectivity index (χ0) is 24.7. The summed E-state index contributed by atoms with van der Waals surface area (Å²) in [6.45, 7) is 8.20. The first kappa shape index (κ1) is 24.6. The summed E-state index contributed by atoms with van der Waals surface area (Å²) >= 11 is 0. The molecule has 8 nitrogen and oxygen atoms in total. The summed E-state index contributed by atoms with van der Waals surface area (Å²) < 4.78 is 21.9. The molecule has 2 aliphatic heterocycles. The molecule has 0 atom stereocenters. The van der Waals surface area contributed by atoms with Crippen LogP contribution in [-0.4, -0.2) is 97.0 Å². The van der Waals surface area contributed by atoms with E-state index in [2.05, 4.69) is 4.90 Å². The van der Waals surface area contributed by atoms with Gasteiger partial charge in [-0.05, 0) is 51.0 Å². The van der Waals surface area contributed by atoms with Crippen LogP contribution in [0.15, 0.2) is 24.3 Å². The van der Waals surface area contributed by atoms with Crippen LogP contribution in [-0.2, 0) is 0 Å². The summed E-state index contributed by atoms with van der Waals surface area (Å²) in [5.41, 5.74) is 2.19. The summed E-state index contributed by atoms with van der Waals surface area (Å²) in [5.74, 6) is 0.422. The number of aromatic nitrogens is 1. The average Bonchev–Trinajstić information content (AvgIpc) is 3.51. The summed E-state index contributed by atoms with van der Waals surface area (Å²) in [6.07, 6.45) is 5.23. The van der Waals surface area contributed by atoms with Gasteiger partial charge in [-0.25, -0.2) is 0 Å². The predicted octanol–water partition coefficient (Wildman–Crippen LogP) is 4.13. The highest BCUT2D eigenvalue weighted by molar-refractivity contribution is 8.24. The maximum Gasteiger partial charge on any atom is 0.270 e. The van der Waals surface area contributed by atoms with Gasteiger partial charge in [0.15, 0.2) is 0 Å². The molecule has 2 aromatic rings. The van der Waals surface area contributed by atoms with Crippen LogP contribution in [0, 0.1) is 0 Å². The molecule has 0 spiro atoms. The van der Waals surface area contributed by atoms with Crippen LogP contribution in [0.3, 0.4) is 0 Å². The molecule has 0 bridgehead atoms. The van der Waals surface area contributed by atoms with E-state index in [-0.39, 0.29) is 29.4 Å². The van der Waals surface area contributed by atoms with Crippen molar-refractivity contribution in [2.24, 2.45) is 0 Å². The molecule has 1 aromatic heterocycles. The Bertz CT molecular complexity index is 1090. The molecule has 0 radical (unpaired) electrons. The third-order valence-corrected chi connectivity index (χ3v) is 9.60. The second-order valence-electron chi connectivity index (χ2n) is 10.5. The Hall–Kier alpha value is -2.07. The van der Waals surface area contributed by atoms with E-state index in [1.54, 1.807) is 4.90 Å². The molecule has 1 aliphatic carbocycles. The molecular weight excluding hydrogens is 464 g/mol. The molecule has 192 valence electrons. The fourth-order valence-corrected chi connectivity index (χ4v) is 7.15. The number of benzene rings is 1. The Morgan fingerprint density at radius 3 is 2.14 bits per heavy atom. The van der Waals surface area contributed by atoms with Crippen molar-refractivity contribution in [3.05, 3.63) is 35.5 Å². The fraction of sp³-hybridized carbons (Fsp3) is 0.615. The minimum Gasteiger partial charge on any atom is -0.336 e. The fourth-order valence-electron chi connectivity index (χ4n) is 5.92. The highest BCUT2D eigenvalue weighted by Gasteiger charge is 2.30. The molecule has 3 heterocycles. The smallest absolute Gasteiger partial charge is 0.270 e. The highest BCUT2D eigenvalue weighted by atomic mass is 32.3. The van der Waals surface area contributed by atoms with Crippen LogP contribution >= 0.6 is 10.6 Å². The molecule has 1 aromatic carbocycles. The molecule has 5 rings (SSSR count). The van der Waals surface area contributed by atoms with Crippen LogP contribution in [0.5, 0.6) is 0 Å². The quantitative estimate of drug-likeness (QED) is 0.656. The van der Waals surface area contributed by atoms with Gasteiger partial charge in [-0.15, -0.1) is 0 Å². The number of amides is 2. The van der Waals surface area contributed by atoms with Gasteiger partial charge in [-0.2, -0.15) is 10.6 Å². The normalized spacial score (nSPS) is 22.8. The third kappa shape index (κ3) is 4.96. The van der Waals surface area contributed by atoms with Gasteiger partial charge in [0.1, 0.15) is 5.69 Å². The summed E-state index contributed by atoms with van der Waals surface area (Å²) in [7, 11) is -2.56. The minimum atomic E-state index is -2.56. The molecule has 9 heteroatoms. The second-order valence-corrected chi connectivity index (χ2v) is 13.0. The Morgan fingerprint density at radius 2 is 1.51 bits per heavy atom. The predicted molar refractivity (Wildman–Crippen MR) is 141 cm³/mol. The van der Waals surface area contributed by atoms with Crippen molar-refractivity contribution in [2.45, 2.75) is 51.6 Å². The number of hydrogen-bond acceptors (Lipinski definition) is 5. The molecule has 35 heavy (non-hydrogen) atoms. The van der Waals surface area contributed by atoms with E-state index in [1.165, 1.54) is 25.7 Å². The van der Waals surface area contributed by atoms with Crippen LogP contribution in [0.2, 0.25) is 0 Å². The number of carbonyl (C=O) groups is 2.